The molecule has 0 radical (unpaired) electrons. The Kier molecular flexibility index (Phi) is 11.3. The largest absolute Gasteiger partial charge is 0.463 e. The number of carbonyl (C=O) groups excluding carboxylic acids is 3. The number of ether oxygens (including phenoxy) is 2. The second-order valence-electron chi connectivity index (χ2n) is 12.0. The van der Waals surface area contributed by atoms with Crippen LogP contribution < -0.4 is 15.1 Å². The Hall–Kier alpha value is -5.00. The van der Waals surface area contributed by atoms with E-state index in [9.17, 15) is 14.4 Å². The van der Waals surface area contributed by atoms with Crippen LogP contribution in [-0.2, 0) is 25.6 Å². The van der Waals surface area contributed by atoms with Crippen LogP contribution in [0, 0.1) is 6.92 Å². The molecule has 0 aliphatic carbocycles. The highest BCUT2D eigenvalue weighted by atomic mass is 16.6. The Morgan fingerprint density at radius 2 is 1.67 bits per heavy atom. The van der Waals surface area contributed by atoms with Crippen molar-refractivity contribution >= 4 is 35.8 Å². The smallest absolute Gasteiger partial charge is 0.408 e. The number of aryl methyl sites for hydroxylation is 1. The number of anilines is 2. The van der Waals surface area contributed by atoms with Gasteiger partial charge in [0.1, 0.15) is 18.0 Å². The van der Waals surface area contributed by atoms with Crippen molar-refractivity contribution in [2.24, 2.45) is 0 Å². The second kappa shape index (κ2) is 15.3. The van der Waals surface area contributed by atoms with Crippen molar-refractivity contribution in [2.75, 3.05) is 56.2 Å². The lowest BCUT2D eigenvalue weighted by atomic mass is 10.1. The van der Waals surface area contributed by atoms with Crippen LogP contribution in [0.25, 0.3) is 17.2 Å². The number of pyridine rings is 1. The van der Waals surface area contributed by atoms with Crippen LogP contribution in [0.3, 0.4) is 0 Å². The van der Waals surface area contributed by atoms with Gasteiger partial charge < -0.3 is 29.5 Å². The summed E-state index contributed by atoms with van der Waals surface area (Å²) in [6, 6.07) is 9.90. The maximum absolute atomic E-state index is 12.6. The molecule has 1 aromatic carbocycles. The maximum Gasteiger partial charge on any atom is 0.408 e. The van der Waals surface area contributed by atoms with Crippen LogP contribution in [0.2, 0.25) is 0 Å². The van der Waals surface area contributed by atoms with Crippen LogP contribution in [0.15, 0.2) is 55.0 Å². The number of benzene rings is 1. The Bertz CT molecular complexity index is 1540. The predicted octanol–water partition coefficient (Wildman–Crippen LogP) is 4.23. The van der Waals surface area contributed by atoms with Gasteiger partial charge in [-0.3, -0.25) is 4.79 Å². The zero-order valence-corrected chi connectivity index (χ0v) is 27.4. The first-order valence-electron chi connectivity index (χ1n) is 15.4. The topological polar surface area (TPSA) is 130 Å². The number of nitrogens with one attached hydrogen (secondary N) is 1. The number of nitrogens with zero attached hydrogens (tertiary/aromatic N) is 6. The summed E-state index contributed by atoms with van der Waals surface area (Å²) in [5.41, 5.74) is 4.02. The van der Waals surface area contributed by atoms with E-state index in [1.54, 1.807) is 51.9 Å². The number of rotatable bonds is 10. The summed E-state index contributed by atoms with van der Waals surface area (Å²) in [6.07, 6.45) is 7.91. The third-order valence-electron chi connectivity index (χ3n) is 7.16. The first kappa shape index (κ1) is 33.9. The summed E-state index contributed by atoms with van der Waals surface area (Å²) in [5.74, 6) is 1.00. The van der Waals surface area contributed by atoms with Gasteiger partial charge in [0.2, 0.25) is 11.9 Å². The third-order valence-corrected chi connectivity index (χ3v) is 7.16. The second-order valence-corrected chi connectivity index (χ2v) is 12.0. The van der Waals surface area contributed by atoms with Crippen molar-refractivity contribution in [2.45, 2.75) is 46.8 Å². The monoisotopic (exact) mass is 629 g/mol. The van der Waals surface area contributed by atoms with Crippen molar-refractivity contribution in [3.05, 3.63) is 71.7 Å². The zero-order chi connectivity index (χ0) is 33.3. The van der Waals surface area contributed by atoms with E-state index in [-0.39, 0.29) is 18.4 Å². The third kappa shape index (κ3) is 9.75. The van der Waals surface area contributed by atoms with E-state index in [0.717, 1.165) is 59.8 Å². The highest BCUT2D eigenvalue weighted by molar-refractivity contribution is 5.87. The van der Waals surface area contributed by atoms with Crippen LogP contribution in [0.5, 0.6) is 0 Å². The molecule has 46 heavy (non-hydrogen) atoms. The Morgan fingerprint density at radius 3 is 2.33 bits per heavy atom. The number of alkyl carbamates (subject to hydrolysis) is 1. The number of amides is 2. The van der Waals surface area contributed by atoms with Gasteiger partial charge in [-0.15, -0.1) is 0 Å². The molecule has 2 aromatic heterocycles. The Morgan fingerprint density at radius 1 is 0.978 bits per heavy atom. The van der Waals surface area contributed by atoms with E-state index in [2.05, 4.69) is 30.1 Å². The van der Waals surface area contributed by atoms with Crippen LogP contribution >= 0.6 is 0 Å². The first-order chi connectivity index (χ1) is 21.9. The van der Waals surface area contributed by atoms with Gasteiger partial charge in [-0.1, -0.05) is 18.2 Å². The Labute approximate surface area is 270 Å². The molecule has 1 aliphatic rings. The van der Waals surface area contributed by atoms with Gasteiger partial charge in [-0.25, -0.2) is 24.5 Å². The fraction of sp³-hybridized carbons (Fsp3) is 0.412. The first-order valence-corrected chi connectivity index (χ1v) is 15.4. The van der Waals surface area contributed by atoms with Gasteiger partial charge >= 0.3 is 12.1 Å². The normalized spacial score (nSPS) is 13.4. The number of likely N-dealkylation sites (N-methyl/N-ethyl adjacent to an activating group) is 1. The predicted molar refractivity (Wildman–Crippen MR) is 177 cm³/mol. The van der Waals surface area contributed by atoms with E-state index in [1.165, 1.54) is 6.08 Å². The maximum atomic E-state index is 12.6. The summed E-state index contributed by atoms with van der Waals surface area (Å²) in [6.45, 7) is 12.7. The minimum absolute atomic E-state index is 0.146. The SMILES string of the molecule is CCOC(=O)/C=C/c1cnc(N2CCN(c3ncc(-c4cccc(CN(C)C(=O)CNC(=O)OC(C)(C)C)c4)cn3)CC2)c(C)c1. The highest BCUT2D eigenvalue weighted by Crippen LogP contribution is 2.24. The van der Waals surface area contributed by atoms with Crippen molar-refractivity contribution in [3.8, 4) is 11.1 Å². The molecule has 0 spiro atoms. The fourth-order valence-electron chi connectivity index (χ4n) is 4.93. The molecule has 1 aliphatic heterocycles. The number of carbonyl (C=O) groups is 3. The van der Waals surface area contributed by atoms with Crippen LogP contribution in [0.4, 0.5) is 16.6 Å². The molecule has 12 nitrogen and oxygen atoms in total. The van der Waals surface area contributed by atoms with E-state index in [4.69, 9.17) is 9.47 Å². The van der Waals surface area contributed by atoms with Crippen LogP contribution in [0.1, 0.15) is 44.4 Å². The number of piperazine rings is 1. The average Bonchev–Trinajstić information content (AvgIpc) is 3.02. The van der Waals surface area contributed by atoms with Gasteiger partial charge in [0.15, 0.2) is 0 Å². The van der Waals surface area contributed by atoms with E-state index in [0.29, 0.717) is 19.1 Å². The highest BCUT2D eigenvalue weighted by Gasteiger charge is 2.22. The summed E-state index contributed by atoms with van der Waals surface area (Å²) in [5, 5.41) is 2.51. The molecule has 3 aromatic rings. The van der Waals surface area contributed by atoms with E-state index in [1.807, 2.05) is 49.6 Å². The Balaban J connectivity index is 1.30. The fourth-order valence-corrected chi connectivity index (χ4v) is 4.93. The molecule has 3 heterocycles. The minimum atomic E-state index is -0.630. The molecule has 1 saturated heterocycles. The summed E-state index contributed by atoms with van der Waals surface area (Å²) in [7, 11) is 1.70. The molecule has 0 bridgehead atoms. The van der Waals surface area contributed by atoms with Gasteiger partial charge in [0.25, 0.3) is 0 Å². The molecular weight excluding hydrogens is 586 g/mol. The zero-order valence-electron chi connectivity index (χ0n) is 27.4. The number of esters is 1. The lowest BCUT2D eigenvalue weighted by Gasteiger charge is -2.36. The molecule has 0 saturated carbocycles. The lowest BCUT2D eigenvalue weighted by Crippen LogP contribution is -2.47. The number of hydrogen-bond acceptors (Lipinski definition) is 10. The minimum Gasteiger partial charge on any atom is -0.463 e. The molecule has 244 valence electrons. The van der Waals surface area contributed by atoms with Crippen LogP contribution in [-0.4, -0.2) is 89.8 Å². The van der Waals surface area contributed by atoms with Gasteiger partial charge in [0.05, 0.1) is 6.61 Å². The molecule has 2 amide bonds. The van der Waals surface area contributed by atoms with Gasteiger partial charge in [-0.2, -0.15) is 0 Å². The molecular formula is C34H43N7O5. The number of aromatic nitrogens is 3. The molecule has 0 atom stereocenters. The lowest BCUT2D eigenvalue weighted by molar-refractivity contribution is -0.137. The van der Waals surface area contributed by atoms with Crippen molar-refractivity contribution < 1.29 is 23.9 Å². The average molecular weight is 630 g/mol. The van der Waals surface area contributed by atoms with Crippen molar-refractivity contribution in [3.63, 3.8) is 0 Å². The molecule has 1 N–H and O–H groups in total. The standard InChI is InChI=1S/C34H43N7O5/c1-7-45-30(43)12-11-25-17-24(2)31(35-19-25)40-13-15-41(16-14-40)32-36-20-28(21-37-32)27-10-8-9-26(18-27)23-39(6)29(42)22-38-33(44)46-34(3,4)5/h8-12,17-21H,7,13-16,22-23H2,1-6H3,(H,38,44)/b12-11+. The molecule has 4 rings (SSSR count). The van der Waals surface area contributed by atoms with Gasteiger partial charge in [-0.05, 0) is 75.1 Å². The number of hydrogen-bond donors (Lipinski definition) is 1. The van der Waals surface area contributed by atoms with Crippen molar-refractivity contribution in [1.82, 2.24) is 25.2 Å². The summed E-state index contributed by atoms with van der Waals surface area (Å²) < 4.78 is 10.1. The van der Waals surface area contributed by atoms with E-state index < -0.39 is 11.7 Å². The molecule has 1 fully saturated rings. The van der Waals surface area contributed by atoms with Crippen molar-refractivity contribution in [1.29, 1.82) is 0 Å². The summed E-state index contributed by atoms with van der Waals surface area (Å²) in [4.78, 5) is 56.0. The van der Waals surface area contributed by atoms with E-state index >= 15 is 0 Å². The molecule has 0 unspecified atom stereocenters. The summed E-state index contributed by atoms with van der Waals surface area (Å²) >= 11 is 0. The quantitative estimate of drug-likeness (QED) is 0.257. The molecule has 12 heteroatoms. The van der Waals surface area contributed by atoms with Gasteiger partial charge in [0, 0.05) is 70.0 Å².